The second-order valence-corrected chi connectivity index (χ2v) is 4.95. The van der Waals surface area contributed by atoms with Gasteiger partial charge in [-0.05, 0) is 45.1 Å². The van der Waals surface area contributed by atoms with E-state index in [9.17, 15) is 4.79 Å². The number of carbonyl (C=O) groups is 1. The number of piperidine rings is 1. The van der Waals surface area contributed by atoms with Gasteiger partial charge in [0.05, 0.1) is 0 Å². The summed E-state index contributed by atoms with van der Waals surface area (Å²) in [5, 5.41) is 6.47. The van der Waals surface area contributed by atoms with Crippen molar-refractivity contribution in [3.63, 3.8) is 0 Å². The quantitative estimate of drug-likeness (QED) is 0.754. The zero-order valence-corrected chi connectivity index (χ0v) is 10.2. The van der Waals surface area contributed by atoms with Crippen molar-refractivity contribution in [2.24, 2.45) is 5.92 Å². The number of carbonyl (C=O) groups excluding carboxylic acids is 1. The van der Waals surface area contributed by atoms with Crippen molar-refractivity contribution in [1.82, 2.24) is 15.5 Å². The fourth-order valence-electron chi connectivity index (χ4n) is 2.21. The SMILES string of the molecule is CCNC(=O)N1CCC(NCC2CC2)CC1. The van der Waals surface area contributed by atoms with Crippen molar-refractivity contribution < 1.29 is 4.79 Å². The number of likely N-dealkylation sites (tertiary alicyclic amines) is 1. The summed E-state index contributed by atoms with van der Waals surface area (Å²) in [5.41, 5.74) is 0. The summed E-state index contributed by atoms with van der Waals surface area (Å²) < 4.78 is 0. The number of nitrogens with zero attached hydrogens (tertiary/aromatic N) is 1. The van der Waals surface area contributed by atoms with Gasteiger partial charge >= 0.3 is 6.03 Å². The molecule has 1 saturated carbocycles. The lowest BCUT2D eigenvalue weighted by molar-refractivity contribution is 0.177. The summed E-state index contributed by atoms with van der Waals surface area (Å²) in [6, 6.07) is 0.731. The molecule has 1 aliphatic heterocycles. The number of rotatable bonds is 4. The van der Waals surface area contributed by atoms with Crippen molar-refractivity contribution in [3.8, 4) is 0 Å². The summed E-state index contributed by atoms with van der Waals surface area (Å²) in [7, 11) is 0. The van der Waals surface area contributed by atoms with Crippen LogP contribution >= 0.6 is 0 Å². The monoisotopic (exact) mass is 225 g/mol. The lowest BCUT2D eigenvalue weighted by atomic mass is 10.1. The molecule has 0 atom stereocenters. The zero-order chi connectivity index (χ0) is 11.4. The molecule has 2 N–H and O–H groups in total. The van der Waals surface area contributed by atoms with E-state index in [1.54, 1.807) is 0 Å². The van der Waals surface area contributed by atoms with Crippen LogP contribution in [0.15, 0.2) is 0 Å². The molecule has 0 aromatic carbocycles. The van der Waals surface area contributed by atoms with Crippen LogP contribution in [0.3, 0.4) is 0 Å². The summed E-state index contributed by atoms with van der Waals surface area (Å²) >= 11 is 0. The van der Waals surface area contributed by atoms with Crippen LogP contribution in [-0.2, 0) is 0 Å². The predicted octanol–water partition coefficient (Wildman–Crippen LogP) is 1.18. The van der Waals surface area contributed by atoms with Crippen LogP contribution in [0.1, 0.15) is 32.6 Å². The Bertz CT molecular complexity index is 232. The molecule has 0 bridgehead atoms. The molecule has 0 radical (unpaired) electrons. The molecule has 2 amide bonds. The Morgan fingerprint density at radius 1 is 1.25 bits per heavy atom. The van der Waals surface area contributed by atoms with E-state index in [-0.39, 0.29) is 6.03 Å². The molecule has 16 heavy (non-hydrogen) atoms. The van der Waals surface area contributed by atoms with Gasteiger partial charge in [0.25, 0.3) is 0 Å². The van der Waals surface area contributed by atoms with E-state index >= 15 is 0 Å². The molecule has 1 aliphatic carbocycles. The molecule has 1 saturated heterocycles. The highest BCUT2D eigenvalue weighted by Gasteiger charge is 2.25. The Hall–Kier alpha value is -0.770. The van der Waals surface area contributed by atoms with Crippen molar-refractivity contribution in [3.05, 3.63) is 0 Å². The van der Waals surface area contributed by atoms with Crippen LogP contribution in [0, 0.1) is 5.92 Å². The third-order valence-corrected chi connectivity index (χ3v) is 3.50. The molecule has 92 valence electrons. The molecular weight excluding hydrogens is 202 g/mol. The Kier molecular flexibility index (Phi) is 4.04. The zero-order valence-electron chi connectivity index (χ0n) is 10.2. The minimum atomic E-state index is 0.100. The summed E-state index contributed by atoms with van der Waals surface area (Å²) in [6.45, 7) is 5.66. The van der Waals surface area contributed by atoms with Crippen molar-refractivity contribution in [1.29, 1.82) is 0 Å². The highest BCUT2D eigenvalue weighted by atomic mass is 16.2. The third kappa shape index (κ3) is 3.37. The molecule has 0 aromatic rings. The lowest BCUT2D eigenvalue weighted by Gasteiger charge is -2.32. The van der Waals surface area contributed by atoms with E-state index < -0.39 is 0 Å². The first-order valence-electron chi connectivity index (χ1n) is 6.55. The average Bonchev–Trinajstić information content (AvgIpc) is 3.11. The van der Waals surface area contributed by atoms with E-state index in [0.717, 1.165) is 38.4 Å². The standard InChI is InChI=1S/C12H23N3O/c1-2-13-12(16)15-7-5-11(6-8-15)14-9-10-3-4-10/h10-11,14H,2-9H2,1H3,(H,13,16). The van der Waals surface area contributed by atoms with Crippen LogP contribution in [0.2, 0.25) is 0 Å². The maximum absolute atomic E-state index is 11.6. The van der Waals surface area contributed by atoms with Crippen LogP contribution in [0.4, 0.5) is 4.79 Å². The molecule has 4 heteroatoms. The van der Waals surface area contributed by atoms with Crippen LogP contribution in [0.5, 0.6) is 0 Å². The van der Waals surface area contributed by atoms with Gasteiger partial charge in [-0.15, -0.1) is 0 Å². The van der Waals surface area contributed by atoms with Crippen LogP contribution in [0.25, 0.3) is 0 Å². The summed E-state index contributed by atoms with van der Waals surface area (Å²) in [5.74, 6) is 0.946. The van der Waals surface area contributed by atoms with Gasteiger partial charge in [-0.25, -0.2) is 4.79 Å². The normalized spacial score (nSPS) is 22.2. The van der Waals surface area contributed by atoms with Crippen molar-refractivity contribution >= 4 is 6.03 Å². The third-order valence-electron chi connectivity index (χ3n) is 3.50. The Balaban J connectivity index is 1.63. The average molecular weight is 225 g/mol. The van der Waals surface area contributed by atoms with Gasteiger partial charge in [0.15, 0.2) is 0 Å². The Morgan fingerprint density at radius 3 is 2.50 bits per heavy atom. The smallest absolute Gasteiger partial charge is 0.317 e. The molecule has 1 heterocycles. The molecule has 2 fully saturated rings. The largest absolute Gasteiger partial charge is 0.338 e. The first-order valence-corrected chi connectivity index (χ1v) is 6.55. The molecule has 0 aromatic heterocycles. The number of urea groups is 1. The van der Waals surface area contributed by atoms with Gasteiger partial charge < -0.3 is 15.5 Å². The topological polar surface area (TPSA) is 44.4 Å². The highest BCUT2D eigenvalue weighted by molar-refractivity contribution is 5.74. The van der Waals surface area contributed by atoms with E-state index in [1.807, 2.05) is 11.8 Å². The number of hydrogen-bond acceptors (Lipinski definition) is 2. The van der Waals surface area contributed by atoms with E-state index in [4.69, 9.17) is 0 Å². The second kappa shape index (κ2) is 5.53. The second-order valence-electron chi connectivity index (χ2n) is 4.95. The van der Waals surface area contributed by atoms with Gasteiger partial charge in [0.2, 0.25) is 0 Å². The highest BCUT2D eigenvalue weighted by Crippen LogP contribution is 2.28. The molecule has 2 rings (SSSR count). The lowest BCUT2D eigenvalue weighted by Crippen LogP contribution is -2.48. The maximum atomic E-state index is 11.6. The van der Waals surface area contributed by atoms with Gasteiger partial charge in [0.1, 0.15) is 0 Å². The predicted molar refractivity (Wildman–Crippen MR) is 64.4 cm³/mol. The van der Waals surface area contributed by atoms with Gasteiger partial charge in [-0.3, -0.25) is 0 Å². The molecule has 0 unspecified atom stereocenters. The van der Waals surface area contributed by atoms with E-state index in [0.29, 0.717) is 6.04 Å². The van der Waals surface area contributed by atoms with Crippen molar-refractivity contribution in [2.45, 2.75) is 38.6 Å². The summed E-state index contributed by atoms with van der Waals surface area (Å²) in [6.07, 6.45) is 5.02. The summed E-state index contributed by atoms with van der Waals surface area (Å²) in [4.78, 5) is 13.5. The first-order chi connectivity index (χ1) is 7.79. The minimum absolute atomic E-state index is 0.100. The van der Waals surface area contributed by atoms with Crippen molar-refractivity contribution in [2.75, 3.05) is 26.2 Å². The maximum Gasteiger partial charge on any atom is 0.317 e. The van der Waals surface area contributed by atoms with Gasteiger partial charge in [-0.2, -0.15) is 0 Å². The number of nitrogens with one attached hydrogen (secondary N) is 2. The Labute approximate surface area is 97.8 Å². The molecule has 2 aliphatic rings. The molecule has 4 nitrogen and oxygen atoms in total. The number of amides is 2. The van der Waals surface area contributed by atoms with Gasteiger partial charge in [0, 0.05) is 25.7 Å². The Morgan fingerprint density at radius 2 is 1.94 bits per heavy atom. The van der Waals surface area contributed by atoms with E-state index in [1.165, 1.54) is 19.4 Å². The van der Waals surface area contributed by atoms with Gasteiger partial charge in [-0.1, -0.05) is 0 Å². The van der Waals surface area contributed by atoms with Crippen LogP contribution in [-0.4, -0.2) is 43.2 Å². The van der Waals surface area contributed by atoms with E-state index in [2.05, 4.69) is 10.6 Å². The fourth-order valence-corrected chi connectivity index (χ4v) is 2.21. The van der Waals surface area contributed by atoms with Crippen LogP contribution < -0.4 is 10.6 Å². The minimum Gasteiger partial charge on any atom is -0.338 e. The molecular formula is C12H23N3O. The number of hydrogen-bond donors (Lipinski definition) is 2. The fraction of sp³-hybridized carbons (Fsp3) is 0.917. The molecule has 0 spiro atoms. The first kappa shape index (κ1) is 11.7.